The van der Waals surface area contributed by atoms with Crippen molar-refractivity contribution in [1.82, 2.24) is 29.5 Å². The second-order valence-electron chi connectivity index (χ2n) is 11.5. The van der Waals surface area contributed by atoms with Crippen molar-refractivity contribution in [3.8, 4) is 11.8 Å². The lowest BCUT2D eigenvalue weighted by molar-refractivity contribution is -0.138. The average molecular weight is 619 g/mol. The van der Waals surface area contributed by atoms with Crippen molar-refractivity contribution >= 4 is 28.4 Å². The summed E-state index contributed by atoms with van der Waals surface area (Å²) in [7, 11) is 2.00. The minimum Gasteiger partial charge on any atom is -0.383 e. The minimum absolute atomic E-state index is 0.00447. The van der Waals surface area contributed by atoms with Gasteiger partial charge in [-0.2, -0.15) is 18.3 Å². The van der Waals surface area contributed by atoms with E-state index in [2.05, 4.69) is 37.1 Å². The number of nitrogens with two attached hydrogens (primary N) is 1. The van der Waals surface area contributed by atoms with Gasteiger partial charge < -0.3 is 20.7 Å². The summed E-state index contributed by atoms with van der Waals surface area (Å²) in [5, 5.41) is 7.84. The number of aryl methyl sites for hydroxylation is 1. The van der Waals surface area contributed by atoms with E-state index in [0.717, 1.165) is 31.1 Å². The normalized spacial score (nSPS) is 17.8. The van der Waals surface area contributed by atoms with E-state index in [4.69, 9.17) is 10.5 Å². The molecule has 2 aliphatic rings. The van der Waals surface area contributed by atoms with Gasteiger partial charge in [-0.15, -0.1) is 0 Å². The van der Waals surface area contributed by atoms with Gasteiger partial charge in [-0.05, 0) is 61.7 Å². The summed E-state index contributed by atoms with van der Waals surface area (Å²) in [4.78, 5) is 25.8. The zero-order valence-electron chi connectivity index (χ0n) is 25.0. The molecule has 4 heterocycles. The van der Waals surface area contributed by atoms with Gasteiger partial charge in [0.25, 0.3) is 5.91 Å². The molecule has 2 saturated heterocycles. The van der Waals surface area contributed by atoms with E-state index in [1.807, 2.05) is 18.9 Å². The lowest BCUT2D eigenvalue weighted by Gasteiger charge is -2.33. The fraction of sp³-hybridized carbons (Fsp3) is 0.375. The number of halogens is 3. The van der Waals surface area contributed by atoms with E-state index in [1.165, 1.54) is 18.5 Å². The summed E-state index contributed by atoms with van der Waals surface area (Å²) < 4.78 is 49.5. The molecule has 2 fully saturated rings. The number of nitrogens with zero attached hydrogens (tertiary/aromatic N) is 6. The third kappa shape index (κ3) is 6.63. The van der Waals surface area contributed by atoms with Crippen LogP contribution in [0.3, 0.4) is 0 Å². The largest absolute Gasteiger partial charge is 0.416 e. The van der Waals surface area contributed by atoms with Crippen LogP contribution >= 0.6 is 0 Å². The molecule has 0 bridgehead atoms. The third-order valence-electron chi connectivity index (χ3n) is 8.25. The van der Waals surface area contributed by atoms with E-state index in [0.29, 0.717) is 48.6 Å². The Morgan fingerprint density at radius 1 is 1.11 bits per heavy atom. The Bertz CT molecular complexity index is 1800. The van der Waals surface area contributed by atoms with E-state index >= 15 is 0 Å². The van der Waals surface area contributed by atoms with Crippen molar-refractivity contribution in [2.24, 2.45) is 0 Å². The van der Waals surface area contributed by atoms with Gasteiger partial charge in [0.2, 0.25) is 0 Å². The van der Waals surface area contributed by atoms with Crippen molar-refractivity contribution in [3.05, 3.63) is 76.2 Å². The van der Waals surface area contributed by atoms with Crippen LogP contribution in [0.1, 0.15) is 50.8 Å². The molecule has 0 spiro atoms. The summed E-state index contributed by atoms with van der Waals surface area (Å²) in [6.07, 6.45) is -2.40. The summed E-state index contributed by atoms with van der Waals surface area (Å²) in [6.45, 7) is 6.17. The Kier molecular flexibility index (Phi) is 8.46. The van der Waals surface area contributed by atoms with E-state index < -0.39 is 17.6 Å². The number of hydrogen-bond donors (Lipinski definition) is 2. The second kappa shape index (κ2) is 12.5. The van der Waals surface area contributed by atoms with Gasteiger partial charge in [0.05, 0.1) is 23.6 Å². The molecule has 0 saturated carbocycles. The van der Waals surface area contributed by atoms with Crippen LogP contribution in [0, 0.1) is 18.8 Å². The molecule has 0 unspecified atom stereocenters. The zero-order chi connectivity index (χ0) is 31.7. The first-order chi connectivity index (χ1) is 21.6. The topological polar surface area (TPSA) is 114 Å². The third-order valence-corrected chi connectivity index (χ3v) is 8.25. The smallest absolute Gasteiger partial charge is 0.383 e. The van der Waals surface area contributed by atoms with E-state index in [9.17, 15) is 18.0 Å². The Morgan fingerprint density at radius 2 is 1.91 bits per heavy atom. The van der Waals surface area contributed by atoms with Gasteiger partial charge in [0, 0.05) is 56.1 Å². The molecule has 2 aliphatic heterocycles. The van der Waals surface area contributed by atoms with Gasteiger partial charge in [-0.25, -0.2) is 14.6 Å². The maximum Gasteiger partial charge on any atom is 0.416 e. The zero-order valence-corrected chi connectivity index (χ0v) is 25.0. The molecule has 2 aromatic heterocycles. The predicted molar refractivity (Wildman–Crippen MR) is 164 cm³/mol. The number of aromatic nitrogens is 4. The molecule has 6 rings (SSSR count). The van der Waals surface area contributed by atoms with Gasteiger partial charge in [-0.3, -0.25) is 9.69 Å². The number of hydrogen-bond acceptors (Lipinski definition) is 8. The van der Waals surface area contributed by atoms with Gasteiger partial charge in [0.1, 0.15) is 17.8 Å². The quantitative estimate of drug-likeness (QED) is 0.322. The molecule has 1 atom stereocenters. The Hall–Kier alpha value is -4.51. The highest BCUT2D eigenvalue weighted by Gasteiger charge is 2.34. The molecule has 10 nitrogen and oxygen atoms in total. The molecule has 13 heteroatoms. The highest BCUT2D eigenvalue weighted by atomic mass is 19.4. The molecule has 234 valence electrons. The molecule has 1 amide bonds. The number of alkyl halides is 3. The number of anilines is 2. The van der Waals surface area contributed by atoms with Crippen LogP contribution in [0.2, 0.25) is 0 Å². The molecule has 4 aromatic rings. The van der Waals surface area contributed by atoms with Crippen molar-refractivity contribution in [1.29, 1.82) is 0 Å². The van der Waals surface area contributed by atoms with Crippen molar-refractivity contribution < 1.29 is 22.7 Å². The van der Waals surface area contributed by atoms with Crippen molar-refractivity contribution in [2.45, 2.75) is 32.1 Å². The Labute approximate surface area is 258 Å². The number of nitrogen functional groups attached to an aromatic ring is 1. The molecular formula is C32H33F3N8O2. The van der Waals surface area contributed by atoms with Crippen LogP contribution in [-0.4, -0.2) is 81.9 Å². The van der Waals surface area contributed by atoms with Gasteiger partial charge in [-0.1, -0.05) is 18.1 Å². The fourth-order valence-corrected chi connectivity index (χ4v) is 5.58. The number of piperazine rings is 1. The van der Waals surface area contributed by atoms with Crippen molar-refractivity contribution in [2.75, 3.05) is 57.5 Å². The molecule has 0 radical (unpaired) electrons. The highest BCUT2D eigenvalue weighted by molar-refractivity contribution is 6.04. The lowest BCUT2D eigenvalue weighted by atomic mass is 10.0. The van der Waals surface area contributed by atoms with Crippen LogP contribution in [0.25, 0.3) is 11.0 Å². The second-order valence-corrected chi connectivity index (χ2v) is 11.5. The molecule has 2 aromatic carbocycles. The van der Waals surface area contributed by atoms with Crippen LogP contribution in [0.4, 0.5) is 24.7 Å². The van der Waals surface area contributed by atoms with Gasteiger partial charge >= 0.3 is 6.18 Å². The maximum absolute atomic E-state index is 14.1. The maximum atomic E-state index is 14.1. The molecule has 3 N–H and O–H groups in total. The minimum atomic E-state index is -4.56. The number of fused-ring (bicyclic) bond motifs is 1. The number of likely N-dealkylation sites (N-methyl/N-ethyl adjacent to an activating group) is 1. The number of carbonyl (C=O) groups is 1. The Morgan fingerprint density at radius 3 is 2.64 bits per heavy atom. The Balaban J connectivity index is 1.24. The van der Waals surface area contributed by atoms with Crippen LogP contribution in [0.15, 0.2) is 42.7 Å². The summed E-state index contributed by atoms with van der Waals surface area (Å²) >= 11 is 0. The number of amides is 1. The predicted octanol–water partition coefficient (Wildman–Crippen LogP) is 4.10. The standard InChI is InChI=1S/C32H33F3N8O2/c1-20-3-4-22(15-21(20)6-8-27-28-29(36)37-19-38-30(28)43(40-27)25-9-14-45-18-25)31(44)39-24-7-5-23(26(16-24)32(33,34)35)17-42-12-10-41(2)11-13-42/h3-5,7,15-16,19,25H,9-14,17-18H2,1-2H3,(H,39,44)(H2,36,37,38)/t25-/m1/s1. The molecular weight excluding hydrogens is 585 g/mol. The monoisotopic (exact) mass is 618 g/mol. The number of nitrogens with one attached hydrogen (secondary N) is 1. The first kappa shape index (κ1) is 30.5. The van der Waals surface area contributed by atoms with Crippen LogP contribution in [-0.2, 0) is 17.5 Å². The number of carbonyl (C=O) groups excluding carboxylic acids is 1. The summed E-state index contributed by atoms with van der Waals surface area (Å²) in [5.41, 5.74) is 8.25. The average Bonchev–Trinajstić information content (AvgIpc) is 3.67. The number of rotatable bonds is 5. The first-order valence-corrected chi connectivity index (χ1v) is 14.7. The molecule has 0 aliphatic carbocycles. The number of benzene rings is 2. The fourth-order valence-electron chi connectivity index (χ4n) is 5.58. The van der Waals surface area contributed by atoms with E-state index in [-0.39, 0.29) is 35.2 Å². The van der Waals surface area contributed by atoms with E-state index in [1.54, 1.807) is 22.9 Å². The number of ether oxygens (including phenoxy) is 1. The summed E-state index contributed by atoms with van der Waals surface area (Å²) in [5.74, 6) is 5.86. The molecule has 45 heavy (non-hydrogen) atoms. The SMILES string of the molecule is Cc1ccc(C(=O)Nc2ccc(CN3CCN(C)CC3)c(C(F)(F)F)c2)cc1C#Cc1nn([C@@H]2CCOC2)c2ncnc(N)c12. The van der Waals surface area contributed by atoms with Crippen molar-refractivity contribution in [3.63, 3.8) is 0 Å². The van der Waals surface area contributed by atoms with Crippen LogP contribution in [0.5, 0.6) is 0 Å². The lowest BCUT2D eigenvalue weighted by Crippen LogP contribution is -2.44. The summed E-state index contributed by atoms with van der Waals surface area (Å²) in [6, 6.07) is 8.91. The van der Waals surface area contributed by atoms with Crippen LogP contribution < -0.4 is 11.1 Å². The first-order valence-electron chi connectivity index (χ1n) is 14.7. The highest BCUT2D eigenvalue weighted by Crippen LogP contribution is 2.35. The van der Waals surface area contributed by atoms with Gasteiger partial charge in [0.15, 0.2) is 5.65 Å².